The summed E-state index contributed by atoms with van der Waals surface area (Å²) < 4.78 is 28.6. The van der Waals surface area contributed by atoms with Crippen molar-refractivity contribution in [2.75, 3.05) is 17.8 Å². The molecule has 0 saturated carbocycles. The lowest BCUT2D eigenvalue weighted by Gasteiger charge is -2.32. The van der Waals surface area contributed by atoms with Crippen LogP contribution in [0.4, 0.5) is 5.69 Å². The van der Waals surface area contributed by atoms with Crippen molar-refractivity contribution in [1.29, 1.82) is 0 Å². The number of aromatic amines is 1. The van der Waals surface area contributed by atoms with E-state index in [4.69, 9.17) is 0 Å². The van der Waals surface area contributed by atoms with Crippen molar-refractivity contribution in [3.8, 4) is 0 Å². The van der Waals surface area contributed by atoms with Crippen LogP contribution < -0.4 is 4.72 Å². The maximum atomic E-state index is 13.4. The predicted octanol–water partition coefficient (Wildman–Crippen LogP) is 5.00. The van der Waals surface area contributed by atoms with Gasteiger partial charge in [0.15, 0.2) is 0 Å². The highest BCUT2D eigenvalue weighted by molar-refractivity contribution is 7.92. The van der Waals surface area contributed by atoms with Crippen molar-refractivity contribution in [1.82, 2.24) is 14.9 Å². The summed E-state index contributed by atoms with van der Waals surface area (Å²) in [5, 5.41) is 1.13. The Morgan fingerprint density at radius 1 is 1.06 bits per heavy atom. The minimum Gasteiger partial charge on any atom is -0.346 e. The fraction of sp³-hybridized carbons (Fsp3) is 0.259. The summed E-state index contributed by atoms with van der Waals surface area (Å²) in [5.74, 6) is 0.220. The van der Waals surface area contributed by atoms with Gasteiger partial charge in [-0.2, -0.15) is 0 Å². The highest BCUT2D eigenvalue weighted by Crippen LogP contribution is 2.33. The number of fused-ring (bicyclic) bond motifs is 1. The Labute approximate surface area is 205 Å². The number of nitrogens with zero attached hydrogens (tertiary/aromatic N) is 2. The van der Waals surface area contributed by atoms with Crippen LogP contribution in [-0.2, 0) is 10.0 Å². The largest absolute Gasteiger partial charge is 0.346 e. The van der Waals surface area contributed by atoms with Gasteiger partial charge in [-0.05, 0) is 85.7 Å². The Morgan fingerprint density at radius 3 is 2.63 bits per heavy atom. The van der Waals surface area contributed by atoms with Gasteiger partial charge in [0.05, 0.1) is 4.90 Å². The summed E-state index contributed by atoms with van der Waals surface area (Å²) >= 11 is 0. The molecule has 35 heavy (non-hydrogen) atoms. The molecule has 2 aromatic heterocycles. The van der Waals surface area contributed by atoms with E-state index in [1.54, 1.807) is 36.5 Å². The number of carbonyl (C=O) groups is 1. The van der Waals surface area contributed by atoms with Crippen molar-refractivity contribution < 1.29 is 13.2 Å². The standard InChI is InChI=1S/C27H28N4O3S/c1-18-5-3-6-21(15-18)30-35(33,34)22-9-8-19(2)24(16-22)27(32)31-13-10-20(11-14-31)25-17-29-26-23(25)7-4-12-28-26/h3-9,12,15-17,20,30H,10-11,13-14H2,1-2H3,(H,28,29). The number of hydrogen-bond donors (Lipinski definition) is 2. The summed E-state index contributed by atoms with van der Waals surface area (Å²) in [6, 6.07) is 15.9. The fourth-order valence-electron chi connectivity index (χ4n) is 4.80. The lowest BCUT2D eigenvalue weighted by Crippen LogP contribution is -2.38. The number of aryl methyl sites for hydroxylation is 2. The van der Waals surface area contributed by atoms with Crippen molar-refractivity contribution >= 4 is 32.7 Å². The molecule has 2 N–H and O–H groups in total. The van der Waals surface area contributed by atoms with E-state index in [1.165, 1.54) is 11.6 Å². The molecular formula is C27H28N4O3S. The quantitative estimate of drug-likeness (QED) is 0.413. The van der Waals surface area contributed by atoms with Crippen molar-refractivity contribution in [2.45, 2.75) is 37.5 Å². The zero-order valence-electron chi connectivity index (χ0n) is 19.8. The van der Waals surface area contributed by atoms with E-state index in [2.05, 4.69) is 20.8 Å². The van der Waals surface area contributed by atoms with Crippen LogP contribution in [0, 0.1) is 13.8 Å². The maximum Gasteiger partial charge on any atom is 0.261 e. The Balaban J connectivity index is 1.32. The van der Waals surface area contributed by atoms with Crippen LogP contribution in [0.25, 0.3) is 11.0 Å². The van der Waals surface area contributed by atoms with Gasteiger partial charge in [-0.3, -0.25) is 9.52 Å². The second kappa shape index (κ2) is 9.19. The van der Waals surface area contributed by atoms with Crippen LogP contribution in [0.1, 0.15) is 45.8 Å². The van der Waals surface area contributed by atoms with E-state index >= 15 is 0 Å². The molecule has 2 aromatic carbocycles. The van der Waals surface area contributed by atoms with Crippen molar-refractivity contribution in [3.63, 3.8) is 0 Å². The van der Waals surface area contributed by atoms with Gasteiger partial charge >= 0.3 is 0 Å². The van der Waals surface area contributed by atoms with Crippen LogP contribution >= 0.6 is 0 Å². The number of piperidine rings is 1. The van der Waals surface area contributed by atoms with Gasteiger partial charge in [-0.25, -0.2) is 13.4 Å². The molecule has 0 bridgehead atoms. The van der Waals surface area contributed by atoms with Crippen LogP contribution in [0.3, 0.4) is 0 Å². The van der Waals surface area contributed by atoms with E-state index < -0.39 is 10.0 Å². The summed E-state index contributed by atoms with van der Waals surface area (Å²) in [7, 11) is -3.82. The first-order chi connectivity index (χ1) is 16.8. The average Bonchev–Trinajstić information content (AvgIpc) is 3.28. The molecule has 0 radical (unpaired) electrons. The van der Waals surface area contributed by atoms with E-state index in [-0.39, 0.29) is 10.8 Å². The Hall–Kier alpha value is -3.65. The molecule has 3 heterocycles. The summed E-state index contributed by atoms with van der Waals surface area (Å²) in [4.78, 5) is 22.9. The third-order valence-electron chi connectivity index (χ3n) is 6.73. The lowest BCUT2D eigenvalue weighted by atomic mass is 9.89. The molecule has 0 unspecified atom stereocenters. The molecule has 1 amide bonds. The second-order valence-corrected chi connectivity index (χ2v) is 10.8. The van der Waals surface area contributed by atoms with E-state index in [9.17, 15) is 13.2 Å². The lowest BCUT2D eigenvalue weighted by molar-refractivity contribution is 0.0712. The first-order valence-electron chi connectivity index (χ1n) is 11.7. The van der Waals surface area contributed by atoms with Gasteiger partial charge in [0.2, 0.25) is 0 Å². The monoisotopic (exact) mass is 488 g/mol. The van der Waals surface area contributed by atoms with E-state index in [0.717, 1.165) is 35.0 Å². The molecule has 7 nitrogen and oxygen atoms in total. The topological polar surface area (TPSA) is 95.2 Å². The molecule has 0 atom stereocenters. The first kappa shape index (κ1) is 23.1. The molecule has 1 saturated heterocycles. The van der Waals surface area contributed by atoms with Gasteiger partial charge in [0, 0.05) is 42.1 Å². The minimum absolute atomic E-state index is 0.0779. The Morgan fingerprint density at radius 2 is 1.86 bits per heavy atom. The summed E-state index contributed by atoms with van der Waals surface area (Å²) in [6.07, 6.45) is 5.50. The molecule has 0 spiro atoms. The number of rotatable bonds is 5. The number of H-pyrrole nitrogens is 1. The Kier molecular flexibility index (Phi) is 6.06. The number of aromatic nitrogens is 2. The van der Waals surface area contributed by atoms with Gasteiger partial charge in [-0.15, -0.1) is 0 Å². The number of benzene rings is 2. The van der Waals surface area contributed by atoms with Gasteiger partial charge in [-0.1, -0.05) is 18.2 Å². The molecular weight excluding hydrogens is 460 g/mol. The molecule has 180 valence electrons. The maximum absolute atomic E-state index is 13.4. The van der Waals surface area contributed by atoms with Crippen LogP contribution in [0.15, 0.2) is 71.9 Å². The van der Waals surface area contributed by atoms with Crippen LogP contribution in [0.5, 0.6) is 0 Å². The van der Waals surface area contributed by atoms with E-state index in [0.29, 0.717) is 30.3 Å². The average molecular weight is 489 g/mol. The van der Waals surface area contributed by atoms with Gasteiger partial charge in [0.25, 0.3) is 15.9 Å². The molecule has 8 heteroatoms. The third-order valence-corrected chi connectivity index (χ3v) is 8.10. The number of anilines is 1. The number of carbonyl (C=O) groups excluding carboxylic acids is 1. The van der Waals surface area contributed by atoms with Gasteiger partial charge < -0.3 is 9.88 Å². The molecule has 1 aliphatic rings. The third kappa shape index (κ3) is 4.66. The molecule has 0 aliphatic carbocycles. The zero-order chi connectivity index (χ0) is 24.6. The number of hydrogen-bond acceptors (Lipinski definition) is 4. The van der Waals surface area contributed by atoms with E-state index in [1.807, 2.05) is 37.1 Å². The smallest absolute Gasteiger partial charge is 0.261 e. The van der Waals surface area contributed by atoms with Crippen LogP contribution in [0.2, 0.25) is 0 Å². The second-order valence-electron chi connectivity index (χ2n) is 9.16. The number of pyridine rings is 1. The SMILES string of the molecule is Cc1cccc(NS(=O)(=O)c2ccc(C)c(C(=O)N3CCC(c4c[nH]c5ncccc45)CC3)c2)c1. The number of amides is 1. The van der Waals surface area contributed by atoms with Crippen molar-refractivity contribution in [3.05, 3.63) is 89.2 Å². The highest BCUT2D eigenvalue weighted by atomic mass is 32.2. The molecule has 1 fully saturated rings. The number of nitrogens with one attached hydrogen (secondary N) is 2. The molecule has 4 aromatic rings. The highest BCUT2D eigenvalue weighted by Gasteiger charge is 2.28. The van der Waals surface area contributed by atoms with Crippen molar-refractivity contribution in [2.24, 2.45) is 0 Å². The predicted molar refractivity (Wildman–Crippen MR) is 137 cm³/mol. The fourth-order valence-corrected chi connectivity index (χ4v) is 5.88. The van der Waals surface area contributed by atoms with Crippen LogP contribution in [-0.4, -0.2) is 42.3 Å². The summed E-state index contributed by atoms with van der Waals surface area (Å²) in [5.41, 5.74) is 4.76. The molecule has 1 aliphatic heterocycles. The number of sulfonamides is 1. The van der Waals surface area contributed by atoms with Gasteiger partial charge in [0.1, 0.15) is 5.65 Å². The number of likely N-dealkylation sites (tertiary alicyclic amines) is 1. The first-order valence-corrected chi connectivity index (χ1v) is 13.2. The normalized spacial score (nSPS) is 14.9. The minimum atomic E-state index is -3.82. The zero-order valence-corrected chi connectivity index (χ0v) is 20.6. The molecule has 5 rings (SSSR count). The summed E-state index contributed by atoms with van der Waals surface area (Å²) in [6.45, 7) is 4.98. The Bertz CT molecular complexity index is 1500.